The predicted octanol–water partition coefficient (Wildman–Crippen LogP) is 4.61. The monoisotopic (exact) mass is 331 g/mol. The Morgan fingerprint density at radius 1 is 1.17 bits per heavy atom. The minimum atomic E-state index is -0.185. The topological polar surface area (TPSA) is 45.2 Å². The minimum Gasteiger partial charge on any atom is -0.357 e. The molecule has 0 unspecified atom stereocenters. The Hall–Kier alpha value is -2.07. The first kappa shape index (κ1) is 17.3. The van der Waals surface area contributed by atoms with E-state index in [1.165, 1.54) is 0 Å². The fraction of sp³-hybridized carbons (Fsp3) is 0.333. The third-order valence-corrected chi connectivity index (χ3v) is 3.77. The summed E-state index contributed by atoms with van der Waals surface area (Å²) in [5.74, 6) is 0.648. The van der Waals surface area contributed by atoms with Crippen molar-refractivity contribution in [2.75, 3.05) is 23.3 Å². The first-order chi connectivity index (χ1) is 11.2. The Kier molecular flexibility index (Phi) is 6.41. The minimum absolute atomic E-state index is 0.185. The van der Waals surface area contributed by atoms with Gasteiger partial charge >= 0.3 is 0 Å². The van der Waals surface area contributed by atoms with E-state index in [2.05, 4.69) is 29.0 Å². The maximum absolute atomic E-state index is 12.4. The Balaban J connectivity index is 2.18. The third-order valence-electron chi connectivity index (χ3n) is 3.44. The van der Waals surface area contributed by atoms with Crippen molar-refractivity contribution < 1.29 is 4.79 Å². The van der Waals surface area contributed by atoms with Crippen molar-refractivity contribution in [3.63, 3.8) is 0 Å². The van der Waals surface area contributed by atoms with Crippen LogP contribution in [0, 0.1) is 0 Å². The maximum Gasteiger partial charge on any atom is 0.255 e. The summed E-state index contributed by atoms with van der Waals surface area (Å²) < 4.78 is 0. The number of carbonyl (C=O) groups is 1. The number of nitrogens with one attached hydrogen (secondary N) is 1. The number of aromatic nitrogens is 1. The molecule has 0 fully saturated rings. The van der Waals surface area contributed by atoms with Crippen molar-refractivity contribution in [2.24, 2.45) is 0 Å². The van der Waals surface area contributed by atoms with Gasteiger partial charge in [-0.1, -0.05) is 37.6 Å². The largest absolute Gasteiger partial charge is 0.357 e. The van der Waals surface area contributed by atoms with Gasteiger partial charge in [0.1, 0.15) is 5.82 Å². The summed E-state index contributed by atoms with van der Waals surface area (Å²) in [5, 5.41) is 3.36. The van der Waals surface area contributed by atoms with Crippen LogP contribution in [-0.2, 0) is 0 Å². The lowest BCUT2D eigenvalue weighted by atomic mass is 10.2. The molecule has 5 heteroatoms. The number of amides is 1. The van der Waals surface area contributed by atoms with Gasteiger partial charge in [0.05, 0.1) is 10.7 Å². The predicted molar refractivity (Wildman–Crippen MR) is 96.4 cm³/mol. The van der Waals surface area contributed by atoms with Crippen LogP contribution in [0.2, 0.25) is 5.02 Å². The Morgan fingerprint density at radius 2 is 1.87 bits per heavy atom. The van der Waals surface area contributed by atoms with Gasteiger partial charge in [-0.15, -0.1) is 0 Å². The van der Waals surface area contributed by atoms with Crippen LogP contribution in [-0.4, -0.2) is 24.0 Å². The van der Waals surface area contributed by atoms with Crippen molar-refractivity contribution >= 4 is 29.0 Å². The number of anilines is 2. The third kappa shape index (κ3) is 4.70. The van der Waals surface area contributed by atoms with E-state index in [4.69, 9.17) is 11.6 Å². The molecule has 0 saturated carbocycles. The Labute approximate surface area is 142 Å². The first-order valence-electron chi connectivity index (χ1n) is 7.92. The van der Waals surface area contributed by atoms with E-state index in [1.807, 2.05) is 18.2 Å². The number of rotatable bonds is 7. The van der Waals surface area contributed by atoms with Crippen LogP contribution in [0.15, 0.2) is 42.6 Å². The van der Waals surface area contributed by atoms with E-state index in [0.717, 1.165) is 31.7 Å². The fourth-order valence-corrected chi connectivity index (χ4v) is 2.55. The molecule has 0 aliphatic carbocycles. The van der Waals surface area contributed by atoms with E-state index in [9.17, 15) is 4.79 Å². The van der Waals surface area contributed by atoms with Crippen LogP contribution in [0.4, 0.5) is 11.5 Å². The molecule has 23 heavy (non-hydrogen) atoms. The number of hydrogen-bond acceptors (Lipinski definition) is 3. The second-order valence-corrected chi connectivity index (χ2v) is 5.73. The van der Waals surface area contributed by atoms with Gasteiger partial charge < -0.3 is 10.2 Å². The summed E-state index contributed by atoms with van der Waals surface area (Å²) in [7, 11) is 0. The van der Waals surface area contributed by atoms with E-state index in [0.29, 0.717) is 16.3 Å². The highest BCUT2D eigenvalue weighted by Crippen LogP contribution is 2.22. The van der Waals surface area contributed by atoms with Crippen LogP contribution >= 0.6 is 11.6 Å². The van der Waals surface area contributed by atoms with Gasteiger partial charge in [0, 0.05) is 24.8 Å². The van der Waals surface area contributed by atoms with Crippen LogP contribution in [0.3, 0.4) is 0 Å². The van der Waals surface area contributed by atoms with Gasteiger partial charge in [-0.2, -0.15) is 0 Å². The normalized spacial score (nSPS) is 10.4. The molecule has 1 heterocycles. The van der Waals surface area contributed by atoms with E-state index < -0.39 is 0 Å². The highest BCUT2D eigenvalue weighted by atomic mass is 35.5. The van der Waals surface area contributed by atoms with Gasteiger partial charge in [0.2, 0.25) is 0 Å². The molecule has 0 radical (unpaired) electrons. The summed E-state index contributed by atoms with van der Waals surface area (Å²) in [6, 6.07) is 10.7. The Morgan fingerprint density at radius 3 is 2.52 bits per heavy atom. The lowest BCUT2D eigenvalue weighted by Gasteiger charge is -2.22. The smallest absolute Gasteiger partial charge is 0.255 e. The molecule has 122 valence electrons. The second-order valence-electron chi connectivity index (χ2n) is 5.32. The second kappa shape index (κ2) is 8.53. The number of para-hydroxylation sites is 1. The highest BCUT2D eigenvalue weighted by molar-refractivity contribution is 6.33. The molecule has 1 amide bonds. The summed E-state index contributed by atoms with van der Waals surface area (Å²) >= 11 is 6.08. The van der Waals surface area contributed by atoms with Gasteiger partial charge in [-0.05, 0) is 37.1 Å². The van der Waals surface area contributed by atoms with Crippen molar-refractivity contribution in [1.82, 2.24) is 4.98 Å². The van der Waals surface area contributed by atoms with Crippen molar-refractivity contribution in [3.8, 4) is 0 Å². The molecule has 4 nitrogen and oxygen atoms in total. The maximum atomic E-state index is 12.4. The lowest BCUT2D eigenvalue weighted by Crippen LogP contribution is -2.26. The molecule has 1 aromatic carbocycles. The van der Waals surface area contributed by atoms with Crippen LogP contribution < -0.4 is 10.2 Å². The molecule has 0 atom stereocenters. The number of halogens is 1. The SMILES string of the molecule is CCCN(CCC)c1cc(C(=O)Nc2ccccc2Cl)ccn1. The summed E-state index contributed by atoms with van der Waals surface area (Å²) in [6.07, 6.45) is 3.75. The summed E-state index contributed by atoms with van der Waals surface area (Å²) in [4.78, 5) is 19.0. The van der Waals surface area contributed by atoms with E-state index >= 15 is 0 Å². The van der Waals surface area contributed by atoms with Crippen molar-refractivity contribution in [2.45, 2.75) is 26.7 Å². The molecule has 0 saturated heterocycles. The number of pyridine rings is 1. The molecule has 2 rings (SSSR count). The summed E-state index contributed by atoms with van der Waals surface area (Å²) in [5.41, 5.74) is 1.18. The average molecular weight is 332 g/mol. The van der Waals surface area contributed by atoms with Gasteiger partial charge in [-0.3, -0.25) is 4.79 Å². The number of carbonyl (C=O) groups excluding carboxylic acids is 1. The molecule has 0 aliphatic rings. The van der Waals surface area contributed by atoms with E-state index in [1.54, 1.807) is 24.4 Å². The van der Waals surface area contributed by atoms with Gasteiger partial charge in [-0.25, -0.2) is 4.98 Å². The fourth-order valence-electron chi connectivity index (χ4n) is 2.37. The molecule has 1 aromatic heterocycles. The zero-order valence-corrected chi connectivity index (χ0v) is 14.3. The van der Waals surface area contributed by atoms with Crippen LogP contribution in [0.25, 0.3) is 0 Å². The van der Waals surface area contributed by atoms with Gasteiger partial charge in [0.15, 0.2) is 0 Å². The average Bonchev–Trinajstić information content (AvgIpc) is 2.57. The first-order valence-corrected chi connectivity index (χ1v) is 8.30. The van der Waals surface area contributed by atoms with E-state index in [-0.39, 0.29) is 5.91 Å². The van der Waals surface area contributed by atoms with Crippen molar-refractivity contribution in [1.29, 1.82) is 0 Å². The standard InChI is InChI=1S/C18H22ClN3O/c1-3-11-22(12-4-2)17-13-14(9-10-20-17)18(23)21-16-8-6-5-7-15(16)19/h5-10,13H,3-4,11-12H2,1-2H3,(H,21,23). The number of nitrogens with zero attached hydrogens (tertiary/aromatic N) is 2. The molecule has 2 aromatic rings. The number of benzene rings is 1. The molecular formula is C18H22ClN3O. The van der Waals surface area contributed by atoms with Crippen LogP contribution in [0.5, 0.6) is 0 Å². The Bertz CT molecular complexity index is 654. The molecular weight excluding hydrogens is 310 g/mol. The van der Waals surface area contributed by atoms with Crippen molar-refractivity contribution in [3.05, 3.63) is 53.2 Å². The zero-order chi connectivity index (χ0) is 16.7. The molecule has 0 spiro atoms. The number of hydrogen-bond donors (Lipinski definition) is 1. The zero-order valence-electron chi connectivity index (χ0n) is 13.6. The lowest BCUT2D eigenvalue weighted by molar-refractivity contribution is 0.102. The molecule has 1 N–H and O–H groups in total. The highest BCUT2D eigenvalue weighted by Gasteiger charge is 2.12. The van der Waals surface area contributed by atoms with Crippen LogP contribution in [0.1, 0.15) is 37.0 Å². The quantitative estimate of drug-likeness (QED) is 0.805. The molecule has 0 bridgehead atoms. The summed E-state index contributed by atoms with van der Waals surface area (Å²) in [6.45, 7) is 6.13. The molecule has 0 aliphatic heterocycles. The van der Waals surface area contributed by atoms with Gasteiger partial charge in [0.25, 0.3) is 5.91 Å².